The van der Waals surface area contributed by atoms with E-state index in [9.17, 15) is 14.9 Å². The normalized spacial score (nSPS) is 14.2. The molecule has 0 atom stereocenters. The Balaban J connectivity index is 1.44. The Hall–Kier alpha value is -3.75. The number of carbonyl (C=O) groups is 1. The average molecular weight is 420 g/mol. The van der Waals surface area contributed by atoms with Gasteiger partial charge in [0, 0.05) is 29.5 Å². The van der Waals surface area contributed by atoms with E-state index in [2.05, 4.69) is 20.9 Å². The van der Waals surface area contributed by atoms with Crippen LogP contribution in [-0.4, -0.2) is 31.9 Å². The van der Waals surface area contributed by atoms with Gasteiger partial charge in [-0.1, -0.05) is 30.5 Å². The van der Waals surface area contributed by atoms with Crippen LogP contribution in [0.25, 0.3) is 5.69 Å². The van der Waals surface area contributed by atoms with Gasteiger partial charge in [0.15, 0.2) is 5.69 Å². The van der Waals surface area contributed by atoms with E-state index in [1.165, 1.54) is 48.9 Å². The summed E-state index contributed by atoms with van der Waals surface area (Å²) < 4.78 is 1.42. The number of amides is 1. The molecule has 1 aliphatic rings. The van der Waals surface area contributed by atoms with Gasteiger partial charge >= 0.3 is 0 Å². The molecule has 0 spiro atoms. The fraction of sp³-hybridized carbons (Fsp3) is 0.318. The van der Waals surface area contributed by atoms with Gasteiger partial charge in [0.05, 0.1) is 16.3 Å². The van der Waals surface area contributed by atoms with Crippen LogP contribution in [0.15, 0.2) is 48.5 Å². The smallest absolute Gasteiger partial charge is 0.278 e. The van der Waals surface area contributed by atoms with Crippen molar-refractivity contribution < 1.29 is 9.72 Å². The van der Waals surface area contributed by atoms with Gasteiger partial charge in [-0.05, 0) is 50.1 Å². The fourth-order valence-corrected chi connectivity index (χ4v) is 3.85. The highest BCUT2D eigenvalue weighted by Crippen LogP contribution is 2.23. The number of nitrogens with zero attached hydrogens (tertiary/aromatic N) is 4. The summed E-state index contributed by atoms with van der Waals surface area (Å²) >= 11 is 0. The molecule has 2 aromatic carbocycles. The Bertz CT molecular complexity index is 1090. The number of aromatic nitrogens is 3. The second-order valence-corrected chi connectivity index (χ2v) is 7.72. The van der Waals surface area contributed by atoms with Gasteiger partial charge in [0.25, 0.3) is 11.6 Å². The number of hydrogen-bond acceptors (Lipinski definition) is 6. The van der Waals surface area contributed by atoms with Gasteiger partial charge in [-0.15, -0.1) is 5.10 Å². The quantitative estimate of drug-likeness (QED) is 0.449. The number of hydrogen-bond donors (Lipinski definition) is 2. The van der Waals surface area contributed by atoms with Gasteiger partial charge in [-0.3, -0.25) is 14.9 Å². The van der Waals surface area contributed by atoms with E-state index in [4.69, 9.17) is 0 Å². The summed E-state index contributed by atoms with van der Waals surface area (Å²) in [4.78, 5) is 23.2. The summed E-state index contributed by atoms with van der Waals surface area (Å²) in [6.07, 6.45) is 6.23. The van der Waals surface area contributed by atoms with E-state index in [0.717, 1.165) is 5.69 Å². The lowest BCUT2D eigenvalue weighted by molar-refractivity contribution is -0.384. The highest BCUT2D eigenvalue weighted by Gasteiger charge is 2.19. The second kappa shape index (κ2) is 8.95. The molecule has 0 saturated heterocycles. The minimum atomic E-state index is -0.476. The van der Waals surface area contributed by atoms with Gasteiger partial charge in [0.1, 0.15) is 0 Å². The van der Waals surface area contributed by atoms with Crippen molar-refractivity contribution >= 4 is 23.0 Å². The van der Waals surface area contributed by atoms with Gasteiger partial charge < -0.3 is 10.6 Å². The number of non-ortho nitro benzene ring substituents is 1. The molecule has 0 bridgehead atoms. The van der Waals surface area contributed by atoms with Crippen LogP contribution in [0.5, 0.6) is 0 Å². The molecular weight excluding hydrogens is 396 g/mol. The maximum absolute atomic E-state index is 12.7. The van der Waals surface area contributed by atoms with Crippen LogP contribution in [0.3, 0.4) is 0 Å². The van der Waals surface area contributed by atoms with Crippen molar-refractivity contribution in [3.63, 3.8) is 0 Å². The van der Waals surface area contributed by atoms with Crippen LogP contribution in [-0.2, 0) is 0 Å². The number of nitrogens with one attached hydrogen (secondary N) is 2. The molecule has 9 nitrogen and oxygen atoms in total. The first kappa shape index (κ1) is 20.5. The number of carbonyl (C=O) groups excluding carboxylic acids is 1. The summed E-state index contributed by atoms with van der Waals surface area (Å²) in [7, 11) is 0. The van der Waals surface area contributed by atoms with Crippen molar-refractivity contribution in [3.8, 4) is 5.69 Å². The maximum atomic E-state index is 12.7. The Morgan fingerprint density at radius 3 is 2.52 bits per heavy atom. The Morgan fingerprint density at radius 1 is 1.10 bits per heavy atom. The van der Waals surface area contributed by atoms with Crippen LogP contribution in [0.4, 0.5) is 17.1 Å². The zero-order chi connectivity index (χ0) is 21.8. The van der Waals surface area contributed by atoms with E-state index >= 15 is 0 Å². The van der Waals surface area contributed by atoms with E-state index in [0.29, 0.717) is 23.1 Å². The zero-order valence-corrected chi connectivity index (χ0v) is 17.2. The number of nitro groups is 1. The fourth-order valence-electron chi connectivity index (χ4n) is 3.85. The molecule has 1 aromatic heterocycles. The van der Waals surface area contributed by atoms with Crippen LogP contribution >= 0.6 is 0 Å². The molecule has 1 fully saturated rings. The molecule has 9 heteroatoms. The molecule has 1 amide bonds. The molecule has 0 aliphatic heterocycles. The van der Waals surface area contributed by atoms with Crippen LogP contribution < -0.4 is 10.6 Å². The molecule has 3 aromatic rings. The van der Waals surface area contributed by atoms with Gasteiger partial charge in [0.2, 0.25) is 0 Å². The van der Waals surface area contributed by atoms with Crippen molar-refractivity contribution in [1.82, 2.24) is 15.0 Å². The largest absolute Gasteiger partial charge is 0.382 e. The highest BCUT2D eigenvalue weighted by molar-refractivity contribution is 6.03. The van der Waals surface area contributed by atoms with Gasteiger partial charge in [-0.2, -0.15) is 0 Å². The first-order chi connectivity index (χ1) is 15.0. The first-order valence-corrected chi connectivity index (χ1v) is 10.4. The number of rotatable bonds is 6. The van der Waals surface area contributed by atoms with E-state index in [-0.39, 0.29) is 17.3 Å². The Labute approximate surface area is 179 Å². The third-order valence-corrected chi connectivity index (χ3v) is 5.51. The summed E-state index contributed by atoms with van der Waals surface area (Å²) in [6.45, 7) is 1.70. The van der Waals surface area contributed by atoms with Crippen LogP contribution in [0.1, 0.15) is 48.3 Å². The summed E-state index contributed by atoms with van der Waals surface area (Å²) in [5.74, 6) is -0.387. The SMILES string of the molecule is Cc1c(C(=O)Nc2ccc(NC3CCCCC3)cc2)nnn1-c1cccc([N+](=O)[O-])c1. The topological polar surface area (TPSA) is 115 Å². The molecule has 1 saturated carbocycles. The molecule has 160 valence electrons. The van der Waals surface area contributed by atoms with Crippen molar-refractivity contribution in [2.24, 2.45) is 0 Å². The summed E-state index contributed by atoms with van der Waals surface area (Å²) in [6, 6.07) is 14.2. The number of benzene rings is 2. The lowest BCUT2D eigenvalue weighted by Gasteiger charge is -2.23. The third kappa shape index (κ3) is 4.71. The van der Waals surface area contributed by atoms with E-state index in [1.807, 2.05) is 24.3 Å². The molecule has 31 heavy (non-hydrogen) atoms. The molecule has 0 unspecified atom stereocenters. The molecule has 2 N–H and O–H groups in total. The van der Waals surface area contributed by atoms with Gasteiger partial charge in [-0.25, -0.2) is 4.68 Å². The third-order valence-electron chi connectivity index (χ3n) is 5.51. The van der Waals surface area contributed by atoms with E-state index < -0.39 is 4.92 Å². The number of nitro benzene ring substituents is 1. The Kier molecular flexibility index (Phi) is 5.92. The zero-order valence-electron chi connectivity index (χ0n) is 17.2. The molecule has 0 radical (unpaired) electrons. The number of anilines is 2. The monoisotopic (exact) mass is 420 g/mol. The molecule has 1 aliphatic carbocycles. The molecular formula is C22H24N6O3. The Morgan fingerprint density at radius 2 is 1.81 bits per heavy atom. The standard InChI is InChI=1S/C22H24N6O3/c1-15-21(25-26-27(15)19-8-5-9-20(14-19)28(30)31)22(29)24-18-12-10-17(11-13-18)23-16-6-3-2-4-7-16/h5,8-14,16,23H,2-4,6-7H2,1H3,(H,24,29). The predicted molar refractivity (Wildman–Crippen MR) is 118 cm³/mol. The lowest BCUT2D eigenvalue weighted by Crippen LogP contribution is -2.22. The maximum Gasteiger partial charge on any atom is 0.278 e. The summed E-state index contributed by atoms with van der Waals surface area (Å²) in [5.41, 5.74) is 2.77. The average Bonchev–Trinajstić information content (AvgIpc) is 3.17. The minimum absolute atomic E-state index is 0.0553. The van der Waals surface area contributed by atoms with Crippen molar-refractivity contribution in [1.29, 1.82) is 0 Å². The van der Waals surface area contributed by atoms with Crippen LogP contribution in [0.2, 0.25) is 0 Å². The molecule has 4 rings (SSSR count). The van der Waals surface area contributed by atoms with E-state index in [1.54, 1.807) is 19.1 Å². The minimum Gasteiger partial charge on any atom is -0.382 e. The summed E-state index contributed by atoms with van der Waals surface area (Å²) in [5, 5.41) is 25.4. The predicted octanol–water partition coefficient (Wildman–Crippen LogP) is 4.48. The van der Waals surface area contributed by atoms with Crippen molar-refractivity contribution in [2.45, 2.75) is 45.1 Å². The highest BCUT2D eigenvalue weighted by atomic mass is 16.6. The first-order valence-electron chi connectivity index (χ1n) is 10.4. The second-order valence-electron chi connectivity index (χ2n) is 7.72. The molecule has 1 heterocycles. The lowest BCUT2D eigenvalue weighted by atomic mass is 9.95. The van der Waals surface area contributed by atoms with Crippen molar-refractivity contribution in [3.05, 3.63) is 70.0 Å². The van der Waals surface area contributed by atoms with Crippen LogP contribution in [0, 0.1) is 17.0 Å². The van der Waals surface area contributed by atoms with Crippen molar-refractivity contribution in [2.75, 3.05) is 10.6 Å².